The minimum absolute atomic E-state index is 0.00799. The molecular formula is C14H19NO4S. The summed E-state index contributed by atoms with van der Waals surface area (Å²) in [7, 11) is -3.69. The maximum absolute atomic E-state index is 12.4. The van der Waals surface area contributed by atoms with Crippen molar-refractivity contribution in [2.24, 2.45) is 0 Å². The predicted molar refractivity (Wildman–Crippen MR) is 75.3 cm³/mol. The molecule has 0 amide bonds. The summed E-state index contributed by atoms with van der Waals surface area (Å²) < 4.78 is 27.5. The third-order valence-electron chi connectivity index (χ3n) is 3.84. The molecule has 2 rings (SSSR count). The summed E-state index contributed by atoms with van der Waals surface area (Å²) in [5.74, 6) is -1.12. The van der Waals surface area contributed by atoms with E-state index in [1.54, 1.807) is 6.92 Å². The van der Waals surface area contributed by atoms with Crippen LogP contribution in [0.1, 0.15) is 48.5 Å². The van der Waals surface area contributed by atoms with E-state index in [0.717, 1.165) is 25.7 Å². The number of carbonyl (C=O) groups is 1. The van der Waals surface area contributed by atoms with Crippen LogP contribution < -0.4 is 4.72 Å². The summed E-state index contributed by atoms with van der Waals surface area (Å²) in [6.45, 7) is 3.54. The van der Waals surface area contributed by atoms with Gasteiger partial charge in [0.25, 0.3) is 0 Å². The fourth-order valence-electron chi connectivity index (χ4n) is 2.64. The van der Waals surface area contributed by atoms with Gasteiger partial charge < -0.3 is 5.11 Å². The molecule has 0 bridgehead atoms. The van der Waals surface area contributed by atoms with Crippen molar-refractivity contribution in [1.29, 1.82) is 0 Å². The summed E-state index contributed by atoms with van der Waals surface area (Å²) in [4.78, 5) is 11.1. The molecule has 1 aromatic rings. The van der Waals surface area contributed by atoms with Crippen molar-refractivity contribution in [3.63, 3.8) is 0 Å². The molecule has 1 fully saturated rings. The van der Waals surface area contributed by atoms with Crippen LogP contribution in [0.4, 0.5) is 0 Å². The topological polar surface area (TPSA) is 83.5 Å². The van der Waals surface area contributed by atoms with Crippen LogP contribution in [0.3, 0.4) is 0 Å². The van der Waals surface area contributed by atoms with E-state index in [4.69, 9.17) is 5.11 Å². The van der Waals surface area contributed by atoms with Crippen molar-refractivity contribution in [3.05, 3.63) is 29.3 Å². The van der Waals surface area contributed by atoms with E-state index in [1.807, 2.05) is 6.92 Å². The first-order valence-electron chi connectivity index (χ1n) is 6.61. The first kappa shape index (κ1) is 15.0. The molecule has 5 nitrogen and oxygen atoms in total. The van der Waals surface area contributed by atoms with Crippen LogP contribution in [0.15, 0.2) is 23.1 Å². The van der Waals surface area contributed by atoms with Crippen molar-refractivity contribution in [2.45, 2.75) is 50.0 Å². The Balaban J connectivity index is 2.34. The number of rotatable bonds is 4. The molecule has 0 atom stereocenters. The molecule has 1 aromatic carbocycles. The molecule has 2 N–H and O–H groups in total. The number of benzene rings is 1. The molecule has 0 spiro atoms. The van der Waals surface area contributed by atoms with Crippen molar-refractivity contribution in [2.75, 3.05) is 0 Å². The van der Waals surface area contributed by atoms with Gasteiger partial charge in [0.15, 0.2) is 0 Å². The normalized spacial score (nSPS) is 18.1. The van der Waals surface area contributed by atoms with Crippen LogP contribution in [-0.4, -0.2) is 25.0 Å². The minimum atomic E-state index is -3.69. The van der Waals surface area contributed by atoms with Gasteiger partial charge in [0, 0.05) is 5.54 Å². The largest absolute Gasteiger partial charge is 0.478 e. The Labute approximate surface area is 119 Å². The molecule has 0 heterocycles. The predicted octanol–water partition coefficient (Wildman–Crippen LogP) is 2.30. The minimum Gasteiger partial charge on any atom is -0.478 e. The van der Waals surface area contributed by atoms with Gasteiger partial charge in [-0.05, 0) is 44.4 Å². The number of aromatic carboxylic acids is 1. The molecule has 6 heteroatoms. The van der Waals surface area contributed by atoms with E-state index in [9.17, 15) is 13.2 Å². The van der Waals surface area contributed by atoms with Crippen molar-refractivity contribution >= 4 is 16.0 Å². The first-order valence-corrected chi connectivity index (χ1v) is 8.10. The van der Waals surface area contributed by atoms with E-state index >= 15 is 0 Å². The smallest absolute Gasteiger partial charge is 0.335 e. The number of carboxylic acid groups (broad SMARTS) is 1. The van der Waals surface area contributed by atoms with Crippen molar-refractivity contribution in [3.8, 4) is 0 Å². The summed E-state index contributed by atoms with van der Waals surface area (Å²) in [5.41, 5.74) is 0.139. The lowest BCUT2D eigenvalue weighted by Crippen LogP contribution is -2.43. The molecule has 1 aliphatic carbocycles. The van der Waals surface area contributed by atoms with Gasteiger partial charge in [-0.25, -0.2) is 17.9 Å². The van der Waals surface area contributed by atoms with Crippen LogP contribution >= 0.6 is 0 Å². The van der Waals surface area contributed by atoms with Crippen molar-refractivity contribution in [1.82, 2.24) is 4.72 Å². The van der Waals surface area contributed by atoms with Gasteiger partial charge >= 0.3 is 5.97 Å². The van der Waals surface area contributed by atoms with E-state index < -0.39 is 21.5 Å². The summed E-state index contributed by atoms with van der Waals surface area (Å²) in [6.07, 6.45) is 3.63. The van der Waals surface area contributed by atoms with Crippen LogP contribution in [0.5, 0.6) is 0 Å². The Kier molecular flexibility index (Phi) is 3.88. The molecule has 0 aliphatic heterocycles. The molecular weight excluding hydrogens is 278 g/mol. The quantitative estimate of drug-likeness (QED) is 0.893. The van der Waals surface area contributed by atoms with Crippen LogP contribution in [0.25, 0.3) is 0 Å². The summed E-state index contributed by atoms with van der Waals surface area (Å²) >= 11 is 0. The zero-order chi connectivity index (χ0) is 15.0. The highest BCUT2D eigenvalue weighted by Gasteiger charge is 2.33. The van der Waals surface area contributed by atoms with Gasteiger partial charge in [-0.1, -0.05) is 18.9 Å². The maximum atomic E-state index is 12.4. The van der Waals surface area contributed by atoms with E-state index in [2.05, 4.69) is 4.72 Å². The SMILES string of the molecule is Cc1ccc(S(=O)(=O)NC2(C)CCCC2)cc1C(=O)O. The molecule has 1 aliphatic rings. The Morgan fingerprint density at radius 2 is 1.90 bits per heavy atom. The Bertz CT molecular complexity index is 631. The average Bonchev–Trinajstić information content (AvgIpc) is 2.74. The second-order valence-corrected chi connectivity index (χ2v) is 7.34. The lowest BCUT2D eigenvalue weighted by molar-refractivity contribution is 0.0696. The second-order valence-electron chi connectivity index (χ2n) is 5.66. The van der Waals surface area contributed by atoms with E-state index in [1.165, 1.54) is 18.2 Å². The zero-order valence-corrected chi connectivity index (χ0v) is 12.5. The van der Waals surface area contributed by atoms with Gasteiger partial charge in [-0.15, -0.1) is 0 Å². The standard InChI is InChI=1S/C14H19NO4S/c1-10-5-6-11(9-12(10)13(16)17)20(18,19)15-14(2)7-3-4-8-14/h5-6,9,15H,3-4,7-8H2,1-2H3,(H,16,17). The number of hydrogen-bond donors (Lipinski definition) is 2. The monoisotopic (exact) mass is 297 g/mol. The lowest BCUT2D eigenvalue weighted by Gasteiger charge is -2.25. The van der Waals surface area contributed by atoms with Gasteiger partial charge in [0.1, 0.15) is 0 Å². The maximum Gasteiger partial charge on any atom is 0.335 e. The fourth-order valence-corrected chi connectivity index (χ4v) is 4.13. The fraction of sp³-hybridized carbons (Fsp3) is 0.500. The molecule has 0 unspecified atom stereocenters. The second kappa shape index (κ2) is 5.18. The van der Waals surface area contributed by atoms with Crippen LogP contribution in [0, 0.1) is 6.92 Å². The molecule has 0 saturated heterocycles. The third kappa shape index (κ3) is 3.02. The highest BCUT2D eigenvalue weighted by atomic mass is 32.2. The summed E-state index contributed by atoms with van der Waals surface area (Å²) in [6, 6.07) is 4.19. The molecule has 0 radical (unpaired) electrons. The Morgan fingerprint density at radius 3 is 2.45 bits per heavy atom. The van der Waals surface area contributed by atoms with Gasteiger partial charge in [-0.3, -0.25) is 0 Å². The molecule has 1 saturated carbocycles. The number of carboxylic acids is 1. The molecule has 20 heavy (non-hydrogen) atoms. The number of sulfonamides is 1. The lowest BCUT2D eigenvalue weighted by atomic mass is 10.0. The highest BCUT2D eigenvalue weighted by molar-refractivity contribution is 7.89. The Hall–Kier alpha value is -1.40. The molecule has 0 aromatic heterocycles. The number of aryl methyl sites for hydroxylation is 1. The van der Waals surface area contributed by atoms with Gasteiger partial charge in [0.2, 0.25) is 10.0 Å². The van der Waals surface area contributed by atoms with Gasteiger partial charge in [-0.2, -0.15) is 0 Å². The molecule has 110 valence electrons. The first-order chi connectivity index (χ1) is 9.23. The zero-order valence-electron chi connectivity index (χ0n) is 11.6. The Morgan fingerprint density at radius 1 is 1.30 bits per heavy atom. The van der Waals surface area contributed by atoms with Crippen molar-refractivity contribution < 1.29 is 18.3 Å². The highest BCUT2D eigenvalue weighted by Crippen LogP contribution is 2.30. The van der Waals surface area contributed by atoms with Gasteiger partial charge in [0.05, 0.1) is 10.5 Å². The van der Waals surface area contributed by atoms with Crippen LogP contribution in [0.2, 0.25) is 0 Å². The van der Waals surface area contributed by atoms with E-state index in [0.29, 0.717) is 5.56 Å². The average molecular weight is 297 g/mol. The van der Waals surface area contributed by atoms with E-state index in [-0.39, 0.29) is 10.5 Å². The third-order valence-corrected chi connectivity index (χ3v) is 5.47. The summed E-state index contributed by atoms with van der Waals surface area (Å²) in [5, 5.41) is 9.08. The number of nitrogens with one attached hydrogen (secondary N) is 1. The number of hydrogen-bond acceptors (Lipinski definition) is 3. The van der Waals surface area contributed by atoms with Crippen LogP contribution in [-0.2, 0) is 10.0 Å².